The van der Waals surface area contributed by atoms with Crippen LogP contribution in [0.1, 0.15) is 5.82 Å². The molecule has 0 aliphatic heterocycles. The Morgan fingerprint density at radius 2 is 2.13 bits per heavy atom. The third-order valence-corrected chi connectivity index (χ3v) is 2.38. The van der Waals surface area contributed by atoms with Gasteiger partial charge >= 0.3 is 0 Å². The van der Waals surface area contributed by atoms with Crippen molar-refractivity contribution in [2.45, 2.75) is 6.92 Å². The van der Waals surface area contributed by atoms with Crippen LogP contribution in [0.2, 0.25) is 0 Å². The molecule has 74 valence electrons. The second kappa shape index (κ2) is 2.66. The number of aryl methyl sites for hydroxylation is 1. The highest BCUT2D eigenvalue weighted by Crippen LogP contribution is 2.21. The summed E-state index contributed by atoms with van der Waals surface area (Å²) in [6.07, 6.45) is 1.69. The zero-order valence-electron chi connectivity index (χ0n) is 8.05. The number of hydrogen-bond acceptors (Lipinski definition) is 4. The van der Waals surface area contributed by atoms with Crippen LogP contribution in [0.3, 0.4) is 0 Å². The van der Waals surface area contributed by atoms with Crippen LogP contribution >= 0.6 is 0 Å². The summed E-state index contributed by atoms with van der Waals surface area (Å²) in [5.41, 5.74) is 0.713. The van der Waals surface area contributed by atoms with Gasteiger partial charge in [-0.15, -0.1) is 10.2 Å². The largest absolute Gasteiger partial charge is 0.508 e. The molecule has 0 saturated carbocycles. The number of aromatic hydroxyl groups is 1. The first-order chi connectivity index (χ1) is 7.25. The molecule has 1 N–H and O–H groups in total. The normalized spacial score (nSPS) is 11.3. The fourth-order valence-electron chi connectivity index (χ4n) is 1.64. The summed E-state index contributed by atoms with van der Waals surface area (Å²) in [5, 5.41) is 23.3. The molecule has 3 aromatic rings. The van der Waals surface area contributed by atoms with Crippen molar-refractivity contribution in [2.24, 2.45) is 0 Å². The second-order valence-electron chi connectivity index (χ2n) is 3.40. The number of benzene rings is 1. The SMILES string of the molecule is Cc1nnc2c3ccc(O)cc3cnn12. The third kappa shape index (κ3) is 1.06. The molecule has 0 aliphatic carbocycles. The summed E-state index contributed by atoms with van der Waals surface area (Å²) in [6.45, 7) is 1.85. The fraction of sp³-hybridized carbons (Fsp3) is 0.100. The van der Waals surface area contributed by atoms with Crippen LogP contribution in [0.5, 0.6) is 5.75 Å². The number of phenols is 1. The maximum Gasteiger partial charge on any atom is 0.185 e. The molecule has 0 bridgehead atoms. The van der Waals surface area contributed by atoms with E-state index in [1.807, 2.05) is 13.0 Å². The first-order valence-electron chi connectivity index (χ1n) is 4.55. The lowest BCUT2D eigenvalue weighted by Gasteiger charge is -1.99. The van der Waals surface area contributed by atoms with E-state index < -0.39 is 0 Å². The molecule has 0 saturated heterocycles. The maximum absolute atomic E-state index is 9.34. The Morgan fingerprint density at radius 3 is 3.00 bits per heavy atom. The Kier molecular flexibility index (Phi) is 1.45. The van der Waals surface area contributed by atoms with Crippen LogP contribution in [0, 0.1) is 6.92 Å². The third-order valence-electron chi connectivity index (χ3n) is 2.38. The first kappa shape index (κ1) is 8.16. The van der Waals surface area contributed by atoms with Gasteiger partial charge in [-0.1, -0.05) is 0 Å². The highest BCUT2D eigenvalue weighted by Gasteiger charge is 2.06. The molecule has 0 aliphatic rings. The van der Waals surface area contributed by atoms with Gasteiger partial charge in [-0.05, 0) is 25.1 Å². The lowest BCUT2D eigenvalue weighted by atomic mass is 10.2. The van der Waals surface area contributed by atoms with Crippen LogP contribution in [-0.4, -0.2) is 24.9 Å². The first-order valence-corrected chi connectivity index (χ1v) is 4.55. The van der Waals surface area contributed by atoms with Gasteiger partial charge in [0.25, 0.3) is 0 Å². The van der Waals surface area contributed by atoms with Crippen LogP contribution in [0.15, 0.2) is 24.4 Å². The van der Waals surface area contributed by atoms with Crippen molar-refractivity contribution >= 4 is 16.4 Å². The van der Waals surface area contributed by atoms with Gasteiger partial charge < -0.3 is 5.11 Å². The number of nitrogens with zero attached hydrogens (tertiary/aromatic N) is 4. The molecule has 5 heteroatoms. The lowest BCUT2D eigenvalue weighted by Crippen LogP contribution is -1.93. The summed E-state index contributed by atoms with van der Waals surface area (Å²) in [6, 6.07) is 5.11. The Balaban J connectivity index is 2.55. The molecule has 2 heterocycles. The molecule has 5 nitrogen and oxygen atoms in total. The van der Waals surface area contributed by atoms with Gasteiger partial charge in [0.15, 0.2) is 11.5 Å². The smallest absolute Gasteiger partial charge is 0.185 e. The number of fused-ring (bicyclic) bond motifs is 3. The minimum Gasteiger partial charge on any atom is -0.508 e. The van der Waals surface area contributed by atoms with Gasteiger partial charge in [0.05, 0.1) is 6.20 Å². The molecule has 0 unspecified atom stereocenters. The summed E-state index contributed by atoms with van der Waals surface area (Å²) >= 11 is 0. The Labute approximate surface area is 85.0 Å². The zero-order chi connectivity index (χ0) is 10.4. The average molecular weight is 200 g/mol. The van der Waals surface area contributed by atoms with Crippen molar-refractivity contribution in [3.05, 3.63) is 30.2 Å². The molecular formula is C10H8N4O. The van der Waals surface area contributed by atoms with E-state index in [0.717, 1.165) is 16.6 Å². The van der Waals surface area contributed by atoms with Crippen molar-refractivity contribution in [2.75, 3.05) is 0 Å². The van der Waals surface area contributed by atoms with Crippen LogP contribution < -0.4 is 0 Å². The Bertz CT molecular complexity index is 659. The Morgan fingerprint density at radius 1 is 1.27 bits per heavy atom. The molecular weight excluding hydrogens is 192 g/mol. The fourth-order valence-corrected chi connectivity index (χ4v) is 1.64. The number of aromatic nitrogens is 4. The topological polar surface area (TPSA) is 63.3 Å². The maximum atomic E-state index is 9.34. The van der Waals surface area contributed by atoms with E-state index in [1.54, 1.807) is 22.8 Å². The van der Waals surface area contributed by atoms with Gasteiger partial charge in [-0.25, -0.2) is 0 Å². The lowest BCUT2D eigenvalue weighted by molar-refractivity contribution is 0.476. The molecule has 0 amide bonds. The van der Waals surface area contributed by atoms with Gasteiger partial charge in [0.1, 0.15) is 5.75 Å². The second-order valence-corrected chi connectivity index (χ2v) is 3.40. The summed E-state index contributed by atoms with van der Waals surface area (Å²) in [5.74, 6) is 0.977. The van der Waals surface area contributed by atoms with Gasteiger partial charge in [0, 0.05) is 10.8 Å². The quantitative estimate of drug-likeness (QED) is 0.594. The van der Waals surface area contributed by atoms with E-state index in [0.29, 0.717) is 5.65 Å². The van der Waals surface area contributed by atoms with Crippen LogP contribution in [0.25, 0.3) is 16.4 Å². The average Bonchev–Trinajstić information content (AvgIpc) is 2.60. The minimum absolute atomic E-state index is 0.227. The van der Waals surface area contributed by atoms with Crippen molar-refractivity contribution in [1.29, 1.82) is 0 Å². The molecule has 0 radical (unpaired) electrons. The highest BCUT2D eigenvalue weighted by atomic mass is 16.3. The van der Waals surface area contributed by atoms with E-state index >= 15 is 0 Å². The van der Waals surface area contributed by atoms with E-state index in [9.17, 15) is 5.11 Å². The summed E-state index contributed by atoms with van der Waals surface area (Å²) in [4.78, 5) is 0. The molecule has 0 atom stereocenters. The number of hydrogen-bond donors (Lipinski definition) is 1. The van der Waals surface area contributed by atoms with E-state index in [1.165, 1.54) is 0 Å². The van der Waals surface area contributed by atoms with Crippen molar-refractivity contribution < 1.29 is 5.11 Å². The molecule has 0 spiro atoms. The molecule has 1 aromatic carbocycles. The van der Waals surface area contributed by atoms with Crippen LogP contribution in [0.4, 0.5) is 0 Å². The standard InChI is InChI=1S/C10H8N4O/c1-6-12-13-10-9-3-2-8(15)4-7(9)5-11-14(6)10/h2-5,15H,1H3. The molecule has 3 rings (SSSR count). The van der Waals surface area contributed by atoms with Gasteiger partial charge in [-0.2, -0.15) is 9.61 Å². The highest BCUT2D eigenvalue weighted by molar-refractivity contribution is 5.93. The molecule has 0 fully saturated rings. The van der Waals surface area contributed by atoms with Gasteiger partial charge in [-0.3, -0.25) is 0 Å². The zero-order valence-corrected chi connectivity index (χ0v) is 8.05. The summed E-state index contributed by atoms with van der Waals surface area (Å²) in [7, 11) is 0. The predicted molar refractivity (Wildman–Crippen MR) is 54.7 cm³/mol. The minimum atomic E-state index is 0.227. The van der Waals surface area contributed by atoms with Crippen molar-refractivity contribution in [3.8, 4) is 5.75 Å². The van der Waals surface area contributed by atoms with Gasteiger partial charge in [0.2, 0.25) is 0 Å². The molecule has 2 aromatic heterocycles. The number of rotatable bonds is 0. The van der Waals surface area contributed by atoms with E-state index in [4.69, 9.17) is 0 Å². The van der Waals surface area contributed by atoms with Crippen LogP contribution in [-0.2, 0) is 0 Å². The predicted octanol–water partition coefficient (Wildman–Crippen LogP) is 1.29. The van der Waals surface area contributed by atoms with E-state index in [-0.39, 0.29) is 5.75 Å². The number of phenolic OH excluding ortho intramolecular Hbond substituents is 1. The van der Waals surface area contributed by atoms with Crippen molar-refractivity contribution in [1.82, 2.24) is 19.8 Å². The van der Waals surface area contributed by atoms with E-state index in [2.05, 4.69) is 15.3 Å². The summed E-state index contributed by atoms with van der Waals surface area (Å²) < 4.78 is 1.68. The monoisotopic (exact) mass is 200 g/mol. The Hall–Kier alpha value is -2.17. The van der Waals surface area contributed by atoms with Crippen molar-refractivity contribution in [3.63, 3.8) is 0 Å². The molecule has 15 heavy (non-hydrogen) atoms.